The summed E-state index contributed by atoms with van der Waals surface area (Å²) >= 11 is 0. The van der Waals surface area contributed by atoms with Gasteiger partial charge in [-0.05, 0) is 17.5 Å². The Morgan fingerprint density at radius 3 is 2.81 bits per heavy atom. The van der Waals surface area contributed by atoms with Crippen molar-refractivity contribution in [3.8, 4) is 0 Å². The van der Waals surface area contributed by atoms with Crippen LogP contribution in [-0.4, -0.2) is 46.8 Å². The van der Waals surface area contributed by atoms with E-state index in [0.717, 1.165) is 36.2 Å². The maximum atomic E-state index is 12.7. The first-order valence-corrected chi connectivity index (χ1v) is 8.91. The molecule has 0 radical (unpaired) electrons. The van der Waals surface area contributed by atoms with Gasteiger partial charge in [-0.1, -0.05) is 24.3 Å². The summed E-state index contributed by atoms with van der Waals surface area (Å²) in [6.07, 6.45) is 2.91. The molecule has 2 heterocycles. The van der Waals surface area contributed by atoms with Crippen LogP contribution in [0.25, 0.3) is 0 Å². The molecule has 1 aliphatic rings. The van der Waals surface area contributed by atoms with E-state index in [0.29, 0.717) is 25.4 Å². The number of likely N-dealkylation sites (tertiary alicyclic amines) is 1. The number of hydrogen-bond donors (Lipinski definition) is 2. The van der Waals surface area contributed by atoms with E-state index in [2.05, 4.69) is 15.3 Å². The number of rotatable bonds is 7. The van der Waals surface area contributed by atoms with Crippen LogP contribution in [0.4, 0.5) is 0 Å². The monoisotopic (exact) mass is 357 g/mol. The Morgan fingerprint density at radius 2 is 2.12 bits per heavy atom. The van der Waals surface area contributed by atoms with E-state index >= 15 is 0 Å². The molecule has 1 fully saturated rings. The molecule has 0 aliphatic carbocycles. The van der Waals surface area contributed by atoms with Crippen molar-refractivity contribution in [3.05, 3.63) is 52.8 Å². The van der Waals surface area contributed by atoms with Gasteiger partial charge in [-0.2, -0.15) is 5.10 Å². The predicted molar refractivity (Wildman–Crippen MR) is 99.4 cm³/mol. The number of benzene rings is 1. The average molecular weight is 357 g/mol. The number of nitrogens with zero attached hydrogens (tertiary/aromatic N) is 3. The zero-order valence-electron chi connectivity index (χ0n) is 15.4. The third-order valence-corrected chi connectivity index (χ3v) is 4.68. The first-order valence-electron chi connectivity index (χ1n) is 8.91. The molecule has 7 heteroatoms. The fourth-order valence-corrected chi connectivity index (χ4v) is 3.38. The van der Waals surface area contributed by atoms with Crippen molar-refractivity contribution in [1.82, 2.24) is 20.0 Å². The van der Waals surface area contributed by atoms with E-state index in [1.807, 2.05) is 37.5 Å². The quantitative estimate of drug-likeness (QED) is 0.773. The number of aromatic nitrogens is 2. The minimum absolute atomic E-state index is 0.156. The van der Waals surface area contributed by atoms with Crippen molar-refractivity contribution in [3.63, 3.8) is 0 Å². The molecular formula is C19H27N5O2. The topological polar surface area (TPSA) is 85.4 Å². The summed E-state index contributed by atoms with van der Waals surface area (Å²) in [7, 11) is 3.50. The molecule has 0 bridgehead atoms. The molecule has 1 aromatic heterocycles. The average Bonchev–Trinajstić information content (AvgIpc) is 3.19. The number of ether oxygens (including phenoxy) is 1. The molecule has 3 N–H and O–H groups in total. The molecule has 1 unspecified atom stereocenters. The molecule has 3 rings (SSSR count). The molecule has 0 saturated carbocycles. The van der Waals surface area contributed by atoms with Crippen LogP contribution in [0.1, 0.15) is 33.6 Å². The smallest absolute Gasteiger partial charge is 0.272 e. The van der Waals surface area contributed by atoms with Gasteiger partial charge in [0.1, 0.15) is 0 Å². The Kier molecular flexibility index (Phi) is 6.03. The van der Waals surface area contributed by atoms with Crippen LogP contribution >= 0.6 is 0 Å². The van der Waals surface area contributed by atoms with Crippen LogP contribution in [0, 0.1) is 0 Å². The molecule has 26 heavy (non-hydrogen) atoms. The molecule has 0 spiro atoms. The Hall–Kier alpha value is -2.22. The Bertz CT molecular complexity index is 758. The van der Waals surface area contributed by atoms with Gasteiger partial charge in [0.15, 0.2) is 5.69 Å². The highest BCUT2D eigenvalue weighted by Gasteiger charge is 2.23. The largest absolute Gasteiger partial charge is 0.380 e. The Labute approximate surface area is 154 Å². The summed E-state index contributed by atoms with van der Waals surface area (Å²) in [5, 5.41) is 7.35. The lowest BCUT2D eigenvalue weighted by atomic mass is 10.1. The molecule has 1 atom stereocenters. The highest BCUT2D eigenvalue weighted by Crippen LogP contribution is 2.16. The second-order valence-electron chi connectivity index (χ2n) is 6.84. The van der Waals surface area contributed by atoms with Gasteiger partial charge in [0.05, 0.1) is 6.61 Å². The van der Waals surface area contributed by atoms with Crippen molar-refractivity contribution in [2.24, 2.45) is 12.8 Å². The summed E-state index contributed by atoms with van der Waals surface area (Å²) in [6, 6.07) is 8.16. The summed E-state index contributed by atoms with van der Waals surface area (Å²) < 4.78 is 6.91. The van der Waals surface area contributed by atoms with Crippen LogP contribution in [0.5, 0.6) is 0 Å². The SMILES string of the molecule is COCc1ccccc1CNC(=O)c1nn(C)cc1CN1CCC(N)C1. The number of nitrogens with two attached hydrogens (primary N) is 1. The van der Waals surface area contributed by atoms with E-state index in [4.69, 9.17) is 10.5 Å². The summed E-state index contributed by atoms with van der Waals surface area (Å²) in [6.45, 7) is 3.49. The van der Waals surface area contributed by atoms with E-state index < -0.39 is 0 Å². The molecule has 1 amide bonds. The Morgan fingerprint density at radius 1 is 1.35 bits per heavy atom. The number of methoxy groups -OCH3 is 1. The molecule has 1 aliphatic heterocycles. The minimum atomic E-state index is -0.156. The molecule has 1 saturated heterocycles. The normalized spacial score (nSPS) is 17.6. The lowest BCUT2D eigenvalue weighted by molar-refractivity contribution is 0.0943. The van der Waals surface area contributed by atoms with E-state index in [9.17, 15) is 4.79 Å². The van der Waals surface area contributed by atoms with Crippen LogP contribution < -0.4 is 11.1 Å². The van der Waals surface area contributed by atoms with E-state index in [1.54, 1.807) is 11.8 Å². The second-order valence-corrected chi connectivity index (χ2v) is 6.84. The first-order chi connectivity index (χ1) is 12.6. The Balaban J connectivity index is 1.66. The van der Waals surface area contributed by atoms with Gasteiger partial charge < -0.3 is 15.8 Å². The van der Waals surface area contributed by atoms with Gasteiger partial charge >= 0.3 is 0 Å². The minimum Gasteiger partial charge on any atom is -0.380 e. The third kappa shape index (κ3) is 4.49. The van der Waals surface area contributed by atoms with Crippen LogP contribution in [0.15, 0.2) is 30.5 Å². The van der Waals surface area contributed by atoms with Gasteiger partial charge in [0.25, 0.3) is 5.91 Å². The first kappa shape index (κ1) is 18.6. The predicted octanol–water partition coefficient (Wildman–Crippen LogP) is 1.03. The van der Waals surface area contributed by atoms with Gasteiger partial charge in [-0.25, -0.2) is 0 Å². The second kappa shape index (κ2) is 8.44. The highest BCUT2D eigenvalue weighted by atomic mass is 16.5. The van der Waals surface area contributed by atoms with E-state index in [1.165, 1.54) is 0 Å². The number of aryl methyl sites for hydroxylation is 1. The van der Waals surface area contributed by atoms with Crippen molar-refractivity contribution in [2.75, 3.05) is 20.2 Å². The third-order valence-electron chi connectivity index (χ3n) is 4.68. The number of hydrogen-bond acceptors (Lipinski definition) is 5. The van der Waals surface area contributed by atoms with Crippen molar-refractivity contribution in [2.45, 2.75) is 32.2 Å². The van der Waals surface area contributed by atoms with Gasteiger partial charge in [-0.15, -0.1) is 0 Å². The van der Waals surface area contributed by atoms with Crippen molar-refractivity contribution in [1.29, 1.82) is 0 Å². The number of carbonyl (C=O) groups is 1. The van der Waals surface area contributed by atoms with Crippen molar-refractivity contribution >= 4 is 5.91 Å². The van der Waals surface area contributed by atoms with Gasteiger partial charge in [0.2, 0.25) is 0 Å². The molecule has 140 valence electrons. The standard InChI is InChI=1S/C19H27N5O2/c1-23-10-16(11-24-8-7-17(20)12-24)18(22-23)19(25)21-9-14-5-3-4-6-15(14)13-26-2/h3-6,10,17H,7-9,11-13,20H2,1-2H3,(H,21,25). The molecular weight excluding hydrogens is 330 g/mol. The molecule has 1 aromatic carbocycles. The van der Waals surface area contributed by atoms with Gasteiger partial charge in [-0.3, -0.25) is 14.4 Å². The van der Waals surface area contributed by atoms with E-state index in [-0.39, 0.29) is 11.9 Å². The maximum Gasteiger partial charge on any atom is 0.272 e. The lowest BCUT2D eigenvalue weighted by Crippen LogP contribution is -2.28. The molecule has 7 nitrogen and oxygen atoms in total. The number of amides is 1. The fraction of sp³-hybridized carbons (Fsp3) is 0.474. The number of carbonyl (C=O) groups excluding carboxylic acids is 1. The fourth-order valence-electron chi connectivity index (χ4n) is 3.38. The van der Waals surface area contributed by atoms with Crippen LogP contribution in [0.2, 0.25) is 0 Å². The molecule has 2 aromatic rings. The van der Waals surface area contributed by atoms with Crippen molar-refractivity contribution < 1.29 is 9.53 Å². The highest BCUT2D eigenvalue weighted by molar-refractivity contribution is 5.93. The summed E-state index contributed by atoms with van der Waals surface area (Å²) in [5.41, 5.74) is 9.52. The lowest BCUT2D eigenvalue weighted by Gasteiger charge is -2.15. The van der Waals surface area contributed by atoms with Crippen LogP contribution in [0.3, 0.4) is 0 Å². The number of nitrogens with one attached hydrogen (secondary N) is 1. The summed E-state index contributed by atoms with van der Waals surface area (Å²) in [5.74, 6) is -0.156. The van der Waals surface area contributed by atoms with Crippen LogP contribution in [-0.2, 0) is 31.5 Å². The zero-order valence-corrected chi connectivity index (χ0v) is 15.4. The maximum absolute atomic E-state index is 12.7. The summed E-state index contributed by atoms with van der Waals surface area (Å²) in [4.78, 5) is 15.0. The van der Waals surface area contributed by atoms with Gasteiger partial charge in [0, 0.05) is 58.1 Å². The zero-order chi connectivity index (χ0) is 18.5.